The Kier molecular flexibility index (Phi) is 3.61. The van der Waals surface area contributed by atoms with Crippen molar-refractivity contribution in [2.24, 2.45) is 0 Å². The summed E-state index contributed by atoms with van der Waals surface area (Å²) in [5, 5.41) is 0.755. The molecule has 0 spiro atoms. The fraction of sp³-hybridized carbons (Fsp3) is 0.211. The minimum absolute atomic E-state index is 0.245. The van der Waals surface area contributed by atoms with E-state index in [4.69, 9.17) is 18.6 Å². The first-order chi connectivity index (χ1) is 11.7. The average Bonchev–Trinajstić information content (AvgIpc) is 2.59. The van der Waals surface area contributed by atoms with Crippen molar-refractivity contribution in [3.63, 3.8) is 0 Å². The lowest BCUT2D eigenvalue weighted by Gasteiger charge is -2.26. The van der Waals surface area contributed by atoms with Gasteiger partial charge in [-0.3, -0.25) is 0 Å². The van der Waals surface area contributed by atoms with Crippen molar-refractivity contribution in [2.45, 2.75) is 13.0 Å². The number of benzene rings is 2. The van der Waals surface area contributed by atoms with E-state index in [1.807, 2.05) is 43.3 Å². The van der Waals surface area contributed by atoms with Gasteiger partial charge in [-0.15, -0.1) is 0 Å². The van der Waals surface area contributed by atoms with Crippen molar-refractivity contribution in [1.82, 2.24) is 0 Å². The zero-order valence-electron chi connectivity index (χ0n) is 13.2. The molecule has 5 nitrogen and oxygen atoms in total. The van der Waals surface area contributed by atoms with Gasteiger partial charge in [-0.2, -0.15) is 0 Å². The zero-order chi connectivity index (χ0) is 16.5. The Morgan fingerprint density at radius 1 is 1.12 bits per heavy atom. The van der Waals surface area contributed by atoms with E-state index in [9.17, 15) is 4.79 Å². The highest BCUT2D eigenvalue weighted by atomic mass is 16.6. The van der Waals surface area contributed by atoms with E-state index in [-0.39, 0.29) is 12.7 Å². The van der Waals surface area contributed by atoms with Gasteiger partial charge in [0.1, 0.15) is 24.5 Å². The van der Waals surface area contributed by atoms with Crippen LogP contribution in [0.15, 0.2) is 57.7 Å². The summed E-state index contributed by atoms with van der Waals surface area (Å²) in [5.74, 6) is 1.94. The number of rotatable bonds is 3. The summed E-state index contributed by atoms with van der Waals surface area (Å²) in [6.07, 6.45) is -0.245. The number of aryl methyl sites for hydroxylation is 1. The maximum Gasteiger partial charge on any atom is 0.339 e. The van der Waals surface area contributed by atoms with Crippen LogP contribution in [0.4, 0.5) is 0 Å². The Hall–Kier alpha value is -2.95. The van der Waals surface area contributed by atoms with Gasteiger partial charge in [-0.05, 0) is 36.8 Å². The van der Waals surface area contributed by atoms with Crippen molar-refractivity contribution in [2.75, 3.05) is 13.2 Å². The average molecular weight is 324 g/mol. The topological polar surface area (TPSA) is 57.9 Å². The van der Waals surface area contributed by atoms with E-state index in [1.54, 1.807) is 6.07 Å². The SMILES string of the molecule is Cc1ccc2c(c1)OC(COc1cc(=O)oc3ccccc13)CO2. The Labute approximate surface area is 138 Å². The molecular weight excluding hydrogens is 308 g/mol. The largest absolute Gasteiger partial charge is 0.489 e. The first-order valence-electron chi connectivity index (χ1n) is 7.75. The first-order valence-corrected chi connectivity index (χ1v) is 7.75. The monoisotopic (exact) mass is 324 g/mol. The van der Waals surface area contributed by atoms with E-state index in [1.165, 1.54) is 6.07 Å². The zero-order valence-corrected chi connectivity index (χ0v) is 13.2. The fourth-order valence-corrected chi connectivity index (χ4v) is 2.69. The number of para-hydroxylation sites is 1. The summed E-state index contributed by atoms with van der Waals surface area (Å²) in [7, 11) is 0. The Balaban J connectivity index is 1.53. The molecule has 24 heavy (non-hydrogen) atoms. The minimum Gasteiger partial charge on any atom is -0.489 e. The molecule has 0 amide bonds. The standard InChI is InChI=1S/C19H16O5/c1-12-6-7-16-18(8-12)23-13(10-21-16)11-22-17-9-19(20)24-15-5-3-2-4-14(15)17/h2-9,13H,10-11H2,1H3. The maximum atomic E-state index is 11.7. The molecule has 3 aromatic rings. The van der Waals surface area contributed by atoms with Crippen molar-refractivity contribution in [3.8, 4) is 17.2 Å². The lowest BCUT2D eigenvalue weighted by atomic mass is 10.2. The molecule has 0 aliphatic carbocycles. The normalized spacial score (nSPS) is 16.1. The first kappa shape index (κ1) is 14.6. The van der Waals surface area contributed by atoms with Crippen molar-refractivity contribution >= 4 is 11.0 Å². The van der Waals surface area contributed by atoms with Crippen LogP contribution >= 0.6 is 0 Å². The Bertz CT molecular complexity index is 944. The Morgan fingerprint density at radius 3 is 2.92 bits per heavy atom. The number of ether oxygens (including phenoxy) is 3. The maximum absolute atomic E-state index is 11.7. The number of hydrogen-bond acceptors (Lipinski definition) is 5. The van der Waals surface area contributed by atoms with Gasteiger partial charge in [-0.1, -0.05) is 18.2 Å². The predicted octanol–water partition coefficient (Wildman–Crippen LogP) is 3.32. The third kappa shape index (κ3) is 2.80. The third-order valence-electron chi connectivity index (χ3n) is 3.85. The molecule has 4 rings (SSSR count). The van der Waals surface area contributed by atoms with Crippen LogP contribution in [0.2, 0.25) is 0 Å². The summed E-state index contributed by atoms with van der Waals surface area (Å²) in [4.78, 5) is 11.7. The van der Waals surface area contributed by atoms with E-state index in [0.717, 1.165) is 16.7 Å². The molecule has 1 aromatic heterocycles. The summed E-state index contributed by atoms with van der Waals surface area (Å²) in [6, 6.07) is 14.4. The summed E-state index contributed by atoms with van der Waals surface area (Å²) < 4.78 is 22.6. The van der Waals surface area contributed by atoms with Gasteiger partial charge >= 0.3 is 5.63 Å². The highest BCUT2D eigenvalue weighted by Gasteiger charge is 2.22. The van der Waals surface area contributed by atoms with Gasteiger partial charge in [0.2, 0.25) is 0 Å². The molecule has 0 radical (unpaired) electrons. The summed E-state index contributed by atoms with van der Waals surface area (Å²) in [6.45, 7) is 2.68. The molecule has 1 unspecified atom stereocenters. The second-order valence-electron chi connectivity index (χ2n) is 5.74. The summed E-state index contributed by atoms with van der Waals surface area (Å²) in [5.41, 5.74) is 1.16. The summed E-state index contributed by atoms with van der Waals surface area (Å²) >= 11 is 0. The van der Waals surface area contributed by atoms with Crippen molar-refractivity contribution < 1.29 is 18.6 Å². The molecule has 0 N–H and O–H groups in total. The molecule has 5 heteroatoms. The predicted molar refractivity (Wildman–Crippen MR) is 89.1 cm³/mol. The van der Waals surface area contributed by atoms with Gasteiger partial charge in [0.15, 0.2) is 17.6 Å². The van der Waals surface area contributed by atoms with Crippen LogP contribution in [-0.4, -0.2) is 19.3 Å². The van der Waals surface area contributed by atoms with E-state index in [2.05, 4.69) is 0 Å². The number of fused-ring (bicyclic) bond motifs is 2. The molecule has 122 valence electrons. The third-order valence-corrected chi connectivity index (χ3v) is 3.85. The van der Waals surface area contributed by atoms with E-state index >= 15 is 0 Å². The van der Waals surface area contributed by atoms with Crippen LogP contribution in [0.5, 0.6) is 17.2 Å². The molecule has 0 saturated heterocycles. The molecule has 0 saturated carbocycles. The molecule has 1 atom stereocenters. The molecule has 0 fully saturated rings. The second-order valence-corrected chi connectivity index (χ2v) is 5.74. The molecule has 2 heterocycles. The van der Waals surface area contributed by atoms with Crippen LogP contribution < -0.4 is 19.8 Å². The minimum atomic E-state index is -0.439. The quantitative estimate of drug-likeness (QED) is 0.692. The van der Waals surface area contributed by atoms with Crippen LogP contribution in [0.25, 0.3) is 11.0 Å². The van der Waals surface area contributed by atoms with Crippen LogP contribution in [0.1, 0.15) is 5.56 Å². The molecular formula is C19H16O5. The fourth-order valence-electron chi connectivity index (χ4n) is 2.69. The lowest BCUT2D eigenvalue weighted by Crippen LogP contribution is -2.34. The highest BCUT2D eigenvalue weighted by molar-refractivity contribution is 5.82. The molecule has 1 aliphatic heterocycles. The number of hydrogen-bond donors (Lipinski definition) is 0. The second kappa shape index (κ2) is 5.92. The van der Waals surface area contributed by atoms with Gasteiger partial charge in [-0.25, -0.2) is 4.79 Å². The van der Waals surface area contributed by atoms with Crippen LogP contribution in [0.3, 0.4) is 0 Å². The highest BCUT2D eigenvalue weighted by Crippen LogP contribution is 2.32. The van der Waals surface area contributed by atoms with Gasteiger partial charge in [0, 0.05) is 0 Å². The van der Waals surface area contributed by atoms with Crippen molar-refractivity contribution in [1.29, 1.82) is 0 Å². The van der Waals surface area contributed by atoms with Crippen molar-refractivity contribution in [3.05, 3.63) is 64.5 Å². The molecule has 2 aromatic carbocycles. The van der Waals surface area contributed by atoms with Gasteiger partial charge in [0.25, 0.3) is 0 Å². The molecule has 1 aliphatic rings. The van der Waals surface area contributed by atoms with Crippen LogP contribution in [0, 0.1) is 6.92 Å². The van der Waals surface area contributed by atoms with E-state index in [0.29, 0.717) is 23.7 Å². The van der Waals surface area contributed by atoms with Crippen LogP contribution in [-0.2, 0) is 0 Å². The van der Waals surface area contributed by atoms with E-state index < -0.39 is 5.63 Å². The molecule has 0 bridgehead atoms. The Morgan fingerprint density at radius 2 is 2.00 bits per heavy atom. The van der Waals surface area contributed by atoms with Gasteiger partial charge in [0.05, 0.1) is 11.5 Å². The van der Waals surface area contributed by atoms with Gasteiger partial charge < -0.3 is 18.6 Å². The smallest absolute Gasteiger partial charge is 0.339 e. The lowest BCUT2D eigenvalue weighted by molar-refractivity contribution is 0.0538.